The van der Waals surface area contributed by atoms with E-state index >= 15 is 0 Å². The number of phenols is 1. The standard InChI is InChI=1S/C14H11IN2O2/c1-19-12-7-8(15)6-9(13(12)18)14-16-10-4-2-3-5-11(10)17-14/h2-7,18H,1H3,(H,16,17). The number of hydrogen-bond donors (Lipinski definition) is 2. The first-order chi connectivity index (χ1) is 9.19. The highest BCUT2D eigenvalue weighted by molar-refractivity contribution is 14.1. The lowest BCUT2D eigenvalue weighted by Crippen LogP contribution is -1.89. The molecule has 1 aromatic heterocycles. The average Bonchev–Trinajstić information content (AvgIpc) is 2.84. The van der Waals surface area contributed by atoms with E-state index in [4.69, 9.17) is 4.74 Å². The van der Waals surface area contributed by atoms with E-state index < -0.39 is 0 Å². The molecule has 0 saturated heterocycles. The number of imidazole rings is 1. The smallest absolute Gasteiger partial charge is 0.168 e. The zero-order chi connectivity index (χ0) is 13.4. The second-order valence-electron chi connectivity index (χ2n) is 4.11. The third-order valence-corrected chi connectivity index (χ3v) is 3.53. The second kappa shape index (κ2) is 4.73. The van der Waals surface area contributed by atoms with Gasteiger partial charge in [-0.15, -0.1) is 0 Å². The summed E-state index contributed by atoms with van der Waals surface area (Å²) < 4.78 is 6.14. The lowest BCUT2D eigenvalue weighted by atomic mass is 10.2. The van der Waals surface area contributed by atoms with E-state index in [1.54, 1.807) is 6.07 Å². The van der Waals surface area contributed by atoms with Crippen molar-refractivity contribution in [1.82, 2.24) is 9.97 Å². The minimum atomic E-state index is 0.0990. The van der Waals surface area contributed by atoms with Gasteiger partial charge >= 0.3 is 0 Å². The Bertz CT molecular complexity index is 719. The molecule has 2 aromatic carbocycles. The zero-order valence-electron chi connectivity index (χ0n) is 10.1. The van der Waals surface area contributed by atoms with Crippen LogP contribution >= 0.6 is 22.6 Å². The van der Waals surface area contributed by atoms with Crippen LogP contribution in [0, 0.1) is 3.57 Å². The fraction of sp³-hybridized carbons (Fsp3) is 0.0714. The Morgan fingerprint density at radius 2 is 2.05 bits per heavy atom. The van der Waals surface area contributed by atoms with Gasteiger partial charge in [0.15, 0.2) is 11.5 Å². The van der Waals surface area contributed by atoms with Crippen LogP contribution in [-0.4, -0.2) is 22.2 Å². The Hall–Kier alpha value is -1.76. The number of phenolic OH excluding ortho intramolecular Hbond substituents is 1. The van der Waals surface area contributed by atoms with Crippen molar-refractivity contribution in [2.45, 2.75) is 0 Å². The van der Waals surface area contributed by atoms with Crippen molar-refractivity contribution in [3.8, 4) is 22.9 Å². The van der Waals surface area contributed by atoms with Gasteiger partial charge < -0.3 is 14.8 Å². The molecule has 1 heterocycles. The minimum absolute atomic E-state index is 0.0990. The summed E-state index contributed by atoms with van der Waals surface area (Å²) in [6.45, 7) is 0. The van der Waals surface area contributed by atoms with Crippen LogP contribution in [0.4, 0.5) is 0 Å². The maximum atomic E-state index is 10.2. The summed E-state index contributed by atoms with van der Waals surface area (Å²) in [7, 11) is 1.54. The summed E-state index contributed by atoms with van der Waals surface area (Å²) in [4.78, 5) is 7.69. The Balaban J connectivity index is 2.23. The molecule has 19 heavy (non-hydrogen) atoms. The Labute approximate surface area is 123 Å². The highest BCUT2D eigenvalue weighted by atomic mass is 127. The number of benzene rings is 2. The van der Waals surface area contributed by atoms with Crippen molar-refractivity contribution in [2.24, 2.45) is 0 Å². The molecule has 3 aromatic rings. The lowest BCUT2D eigenvalue weighted by Gasteiger charge is -2.08. The minimum Gasteiger partial charge on any atom is -0.504 e. The third kappa shape index (κ3) is 2.14. The van der Waals surface area contributed by atoms with Crippen LogP contribution in [0.25, 0.3) is 22.4 Å². The van der Waals surface area contributed by atoms with Crippen LogP contribution in [0.3, 0.4) is 0 Å². The summed E-state index contributed by atoms with van der Waals surface area (Å²) in [6.07, 6.45) is 0. The Morgan fingerprint density at radius 3 is 2.79 bits per heavy atom. The number of hydrogen-bond acceptors (Lipinski definition) is 3. The highest BCUT2D eigenvalue weighted by Gasteiger charge is 2.14. The van der Waals surface area contributed by atoms with Crippen molar-refractivity contribution in [3.05, 3.63) is 40.0 Å². The zero-order valence-corrected chi connectivity index (χ0v) is 12.3. The first kappa shape index (κ1) is 12.3. The number of nitrogens with one attached hydrogen (secondary N) is 1. The van der Waals surface area contributed by atoms with E-state index in [-0.39, 0.29) is 5.75 Å². The predicted molar refractivity (Wildman–Crippen MR) is 82.5 cm³/mol. The van der Waals surface area contributed by atoms with Crippen LogP contribution in [0.2, 0.25) is 0 Å². The molecule has 0 bridgehead atoms. The molecular formula is C14H11IN2O2. The molecule has 2 N–H and O–H groups in total. The number of halogens is 1. The van der Waals surface area contributed by atoms with Gasteiger partial charge in [-0.2, -0.15) is 0 Å². The largest absolute Gasteiger partial charge is 0.504 e. The van der Waals surface area contributed by atoms with Gasteiger partial charge in [0.2, 0.25) is 0 Å². The lowest BCUT2D eigenvalue weighted by molar-refractivity contribution is 0.374. The number of H-pyrrole nitrogens is 1. The molecule has 0 amide bonds. The van der Waals surface area contributed by atoms with Gasteiger partial charge in [0.25, 0.3) is 0 Å². The molecule has 0 spiro atoms. The fourth-order valence-electron chi connectivity index (χ4n) is 1.99. The molecule has 0 aliphatic heterocycles. The van der Waals surface area contributed by atoms with Crippen LogP contribution in [0.1, 0.15) is 0 Å². The SMILES string of the molecule is COc1cc(I)cc(-c2nc3ccccc3[nH]2)c1O. The summed E-state index contributed by atoms with van der Waals surface area (Å²) in [5.41, 5.74) is 2.45. The number of rotatable bonds is 2. The Morgan fingerprint density at radius 1 is 1.26 bits per heavy atom. The van der Waals surface area contributed by atoms with Gasteiger partial charge in [-0.05, 0) is 46.9 Å². The molecule has 0 atom stereocenters. The maximum absolute atomic E-state index is 10.2. The highest BCUT2D eigenvalue weighted by Crippen LogP contribution is 2.38. The predicted octanol–water partition coefficient (Wildman–Crippen LogP) is 3.55. The van der Waals surface area contributed by atoms with Gasteiger partial charge in [-0.25, -0.2) is 4.98 Å². The van der Waals surface area contributed by atoms with Gasteiger partial charge in [-0.1, -0.05) is 12.1 Å². The maximum Gasteiger partial charge on any atom is 0.168 e. The van der Waals surface area contributed by atoms with Crippen molar-refractivity contribution in [1.29, 1.82) is 0 Å². The normalized spacial score (nSPS) is 10.8. The summed E-state index contributed by atoms with van der Waals surface area (Å²) in [5, 5.41) is 10.2. The number of fused-ring (bicyclic) bond motifs is 1. The quantitative estimate of drug-likeness (QED) is 0.682. The first-order valence-corrected chi connectivity index (χ1v) is 6.78. The monoisotopic (exact) mass is 366 g/mol. The second-order valence-corrected chi connectivity index (χ2v) is 5.35. The van der Waals surface area contributed by atoms with Crippen molar-refractivity contribution in [3.63, 3.8) is 0 Å². The number of para-hydroxylation sites is 2. The summed E-state index contributed by atoms with van der Waals surface area (Å²) >= 11 is 2.18. The van der Waals surface area contributed by atoms with Crippen LogP contribution in [0.15, 0.2) is 36.4 Å². The van der Waals surface area contributed by atoms with Gasteiger partial charge in [-0.3, -0.25) is 0 Å². The van der Waals surface area contributed by atoms with Gasteiger partial charge in [0, 0.05) is 3.57 Å². The van der Waals surface area contributed by atoms with Crippen LogP contribution in [-0.2, 0) is 0 Å². The van der Waals surface area contributed by atoms with Crippen molar-refractivity contribution < 1.29 is 9.84 Å². The molecule has 0 aliphatic rings. The topological polar surface area (TPSA) is 58.1 Å². The molecule has 0 fully saturated rings. The number of aromatic nitrogens is 2. The summed E-state index contributed by atoms with van der Waals surface area (Å²) in [6, 6.07) is 11.4. The van der Waals surface area contributed by atoms with E-state index in [9.17, 15) is 5.11 Å². The van der Waals surface area contributed by atoms with E-state index in [1.807, 2.05) is 30.3 Å². The number of ether oxygens (including phenoxy) is 1. The third-order valence-electron chi connectivity index (χ3n) is 2.90. The molecule has 3 rings (SSSR count). The van der Waals surface area contributed by atoms with E-state index in [0.29, 0.717) is 17.1 Å². The van der Waals surface area contributed by atoms with Crippen LogP contribution in [0.5, 0.6) is 11.5 Å². The van der Waals surface area contributed by atoms with Crippen molar-refractivity contribution in [2.75, 3.05) is 7.11 Å². The molecule has 96 valence electrons. The number of nitrogens with zero attached hydrogens (tertiary/aromatic N) is 1. The van der Waals surface area contributed by atoms with E-state index in [2.05, 4.69) is 32.6 Å². The number of aromatic amines is 1. The number of methoxy groups -OCH3 is 1. The fourth-order valence-corrected chi connectivity index (χ4v) is 2.58. The Kier molecular flexibility index (Phi) is 3.06. The molecule has 0 aliphatic carbocycles. The molecular weight excluding hydrogens is 355 g/mol. The van der Waals surface area contributed by atoms with Gasteiger partial charge in [0.05, 0.1) is 23.7 Å². The number of aromatic hydroxyl groups is 1. The molecule has 0 radical (unpaired) electrons. The van der Waals surface area contributed by atoms with E-state index in [0.717, 1.165) is 14.6 Å². The van der Waals surface area contributed by atoms with Gasteiger partial charge in [0.1, 0.15) is 5.82 Å². The van der Waals surface area contributed by atoms with Crippen LogP contribution < -0.4 is 4.74 Å². The average molecular weight is 366 g/mol. The molecule has 0 unspecified atom stereocenters. The first-order valence-electron chi connectivity index (χ1n) is 5.70. The molecule has 4 nitrogen and oxygen atoms in total. The summed E-state index contributed by atoms with van der Waals surface area (Å²) in [5.74, 6) is 1.18. The van der Waals surface area contributed by atoms with E-state index in [1.165, 1.54) is 7.11 Å². The molecule has 0 saturated carbocycles. The molecule has 5 heteroatoms. The van der Waals surface area contributed by atoms with Crippen molar-refractivity contribution >= 4 is 33.6 Å².